The number of aromatic hydroxyl groups is 2. The van der Waals surface area contributed by atoms with Crippen LogP contribution in [0.15, 0.2) is 18.2 Å². The Morgan fingerprint density at radius 1 is 0.806 bits per heavy atom. The maximum absolute atomic E-state index is 14.0. The van der Waals surface area contributed by atoms with Gasteiger partial charge in [-0.25, -0.2) is 4.79 Å². The summed E-state index contributed by atoms with van der Waals surface area (Å²) in [7, 11) is 1.31. The van der Waals surface area contributed by atoms with Gasteiger partial charge < -0.3 is 49.8 Å². The van der Waals surface area contributed by atoms with E-state index in [-0.39, 0.29) is 40.8 Å². The number of nitrogens with two attached hydrogens (primary N) is 1. The van der Waals surface area contributed by atoms with Gasteiger partial charge in [0.2, 0.25) is 11.6 Å². The van der Waals surface area contributed by atoms with Crippen molar-refractivity contribution in [3.63, 3.8) is 0 Å². The number of hydrogen-bond donors (Lipinski definition) is 5. The number of rotatable bonds is 24. The summed E-state index contributed by atoms with van der Waals surface area (Å²) in [5, 5.41) is 45.8. The zero-order chi connectivity index (χ0) is 45.0. The highest BCUT2D eigenvalue weighted by Gasteiger charge is 2.50. The van der Waals surface area contributed by atoms with Crippen LogP contribution >= 0.6 is 0 Å². The maximum atomic E-state index is 14.0. The van der Waals surface area contributed by atoms with Crippen molar-refractivity contribution in [1.82, 2.24) is 0 Å². The molecule has 2 aromatic rings. The van der Waals surface area contributed by atoms with E-state index in [1.54, 1.807) is 6.92 Å². The van der Waals surface area contributed by atoms with Crippen LogP contribution in [0.25, 0.3) is 0 Å². The van der Waals surface area contributed by atoms with Gasteiger partial charge in [-0.05, 0) is 19.4 Å². The van der Waals surface area contributed by atoms with E-state index in [4.69, 9.17) is 29.4 Å². The van der Waals surface area contributed by atoms with E-state index in [2.05, 4.69) is 6.92 Å². The number of Topliss-reactive ketones (excluding diaryl/α,β-unsaturated/α-hetero) is 1. The molecule has 1 heterocycles. The van der Waals surface area contributed by atoms with E-state index in [9.17, 15) is 44.4 Å². The number of unbranched alkanes of at least 4 members (excludes halogenated alkanes) is 14. The number of hydrogen-bond acceptors (Lipinski definition) is 15. The molecule has 62 heavy (non-hydrogen) atoms. The Morgan fingerprint density at radius 2 is 1.39 bits per heavy atom. The van der Waals surface area contributed by atoms with Crippen LogP contribution in [0, 0.1) is 0 Å². The lowest BCUT2D eigenvalue weighted by Gasteiger charge is -2.42. The van der Waals surface area contributed by atoms with Crippen LogP contribution < -0.4 is 10.5 Å². The van der Waals surface area contributed by atoms with Gasteiger partial charge in [-0.15, -0.1) is 0 Å². The van der Waals surface area contributed by atoms with Crippen LogP contribution in [0.2, 0.25) is 0 Å². The Bertz CT molecular complexity index is 1900. The third-order valence-electron chi connectivity index (χ3n) is 12.4. The zero-order valence-corrected chi connectivity index (χ0v) is 36.4. The molecule has 0 bridgehead atoms. The van der Waals surface area contributed by atoms with E-state index in [1.807, 2.05) is 0 Å². The van der Waals surface area contributed by atoms with Gasteiger partial charge in [0, 0.05) is 48.4 Å². The minimum absolute atomic E-state index is 0.0425. The third kappa shape index (κ3) is 11.8. The normalized spacial score (nSPS) is 23.0. The van der Waals surface area contributed by atoms with Crippen LogP contribution in [0.5, 0.6) is 17.2 Å². The fourth-order valence-electron chi connectivity index (χ4n) is 8.78. The summed E-state index contributed by atoms with van der Waals surface area (Å²) in [6.45, 7) is 2.10. The number of esters is 2. The minimum atomic E-state index is -2.41. The monoisotopic (exact) mass is 867 g/mol. The van der Waals surface area contributed by atoms with Gasteiger partial charge in [0.1, 0.15) is 22.8 Å². The number of carbonyl (C=O) groups is 5. The fourth-order valence-corrected chi connectivity index (χ4v) is 8.78. The van der Waals surface area contributed by atoms with Crippen molar-refractivity contribution in [1.29, 1.82) is 0 Å². The summed E-state index contributed by atoms with van der Waals surface area (Å²) in [5.41, 5.74) is 2.02. The Balaban J connectivity index is 1.16. The zero-order valence-electron chi connectivity index (χ0n) is 36.4. The first-order valence-corrected chi connectivity index (χ1v) is 22.4. The van der Waals surface area contributed by atoms with Crippen LogP contribution in [0.3, 0.4) is 0 Å². The predicted molar refractivity (Wildman–Crippen MR) is 226 cm³/mol. The molecule has 0 spiro atoms. The maximum Gasteiger partial charge on any atom is 0.344 e. The largest absolute Gasteiger partial charge is 0.507 e. The summed E-state index contributed by atoms with van der Waals surface area (Å²) in [6, 6.07) is 3.54. The molecule has 6 N–H and O–H groups in total. The van der Waals surface area contributed by atoms with Gasteiger partial charge in [0.05, 0.1) is 42.1 Å². The second kappa shape index (κ2) is 22.8. The molecule has 0 radical (unpaired) electrons. The standard InChI is InChI=1S/C47H65NO14/c1-4-5-6-7-8-9-10-11-12-13-14-15-16-17-18-22-35(50)60-27-36(51)59-26-34(49)47(57)24-30-39(33(25-47)62-37-23-31(48)42(52)28(2)61-37)46(56)41-40(44(30)54)43(53)29-20-19-21-32(58-3)38(29)45(41)55/h19-21,28,31,33,37,42,52,54,56-57H,4-18,22-27,48H2,1-3H3/t28-,31-,33-,37+,42+,47+/m0/s1. The Hall–Kier alpha value is -4.41. The number of ether oxygens (including phenoxy) is 5. The van der Waals surface area contributed by atoms with E-state index in [0.29, 0.717) is 6.42 Å². The first kappa shape index (κ1) is 48.6. The summed E-state index contributed by atoms with van der Waals surface area (Å²) < 4.78 is 27.5. The lowest BCUT2D eigenvalue weighted by molar-refractivity contribution is -0.247. The molecule has 2 aliphatic carbocycles. The van der Waals surface area contributed by atoms with Gasteiger partial charge in [-0.2, -0.15) is 0 Å². The average Bonchev–Trinajstić information content (AvgIpc) is 3.25. The summed E-state index contributed by atoms with van der Waals surface area (Å²) in [4.78, 5) is 66.4. The quantitative estimate of drug-likeness (QED) is 0.0374. The smallest absolute Gasteiger partial charge is 0.344 e. The molecule has 15 heteroatoms. The number of methoxy groups -OCH3 is 1. The number of ketones is 3. The van der Waals surface area contributed by atoms with Crippen molar-refractivity contribution in [2.24, 2.45) is 5.73 Å². The Labute approximate surface area is 363 Å². The minimum Gasteiger partial charge on any atom is -0.507 e. The number of fused-ring (bicyclic) bond motifs is 3. The first-order chi connectivity index (χ1) is 29.7. The van der Waals surface area contributed by atoms with Crippen LogP contribution in [0.4, 0.5) is 0 Å². The van der Waals surface area contributed by atoms with Crippen molar-refractivity contribution < 1.29 is 68.1 Å². The van der Waals surface area contributed by atoms with Crippen molar-refractivity contribution in [2.45, 2.75) is 172 Å². The number of phenols is 2. The molecule has 0 amide bonds. The van der Waals surface area contributed by atoms with Crippen molar-refractivity contribution in [3.05, 3.63) is 51.6 Å². The highest BCUT2D eigenvalue weighted by molar-refractivity contribution is 6.31. The number of benzene rings is 2. The van der Waals surface area contributed by atoms with E-state index < -0.39 is 114 Å². The molecular weight excluding hydrogens is 803 g/mol. The fraction of sp³-hybridized carbons (Fsp3) is 0.638. The van der Waals surface area contributed by atoms with Crippen molar-refractivity contribution in [2.75, 3.05) is 20.3 Å². The van der Waals surface area contributed by atoms with Gasteiger partial charge in [0.25, 0.3) is 0 Å². The van der Waals surface area contributed by atoms with Crippen LogP contribution in [-0.2, 0) is 39.8 Å². The first-order valence-electron chi connectivity index (χ1n) is 22.4. The van der Waals surface area contributed by atoms with Crippen molar-refractivity contribution >= 4 is 29.3 Å². The van der Waals surface area contributed by atoms with Gasteiger partial charge >= 0.3 is 11.9 Å². The molecule has 3 aliphatic rings. The summed E-state index contributed by atoms with van der Waals surface area (Å²) in [5.74, 6) is -5.66. The van der Waals surface area contributed by atoms with E-state index >= 15 is 0 Å². The lowest BCUT2D eigenvalue weighted by Crippen LogP contribution is -2.53. The molecule has 1 saturated heterocycles. The molecule has 1 fully saturated rings. The topological polar surface area (TPSA) is 238 Å². The second-order valence-electron chi connectivity index (χ2n) is 17.0. The van der Waals surface area contributed by atoms with Crippen molar-refractivity contribution in [3.8, 4) is 17.2 Å². The molecule has 5 rings (SSSR count). The molecule has 0 saturated carbocycles. The van der Waals surface area contributed by atoms with E-state index in [1.165, 1.54) is 95.9 Å². The number of aliphatic hydroxyl groups is 2. The molecule has 1 aliphatic heterocycles. The lowest BCUT2D eigenvalue weighted by atomic mass is 9.72. The molecule has 6 atom stereocenters. The molecule has 0 unspecified atom stereocenters. The summed E-state index contributed by atoms with van der Waals surface area (Å²) in [6.07, 6.45) is 12.2. The number of carbonyl (C=O) groups excluding carboxylic acids is 5. The number of phenolic OH excluding ortho intramolecular Hbond substituents is 2. The van der Waals surface area contributed by atoms with Crippen LogP contribution in [-0.4, -0.2) is 100 Å². The number of aliphatic hydroxyl groups excluding tert-OH is 1. The predicted octanol–water partition coefficient (Wildman–Crippen LogP) is 6.36. The van der Waals surface area contributed by atoms with Gasteiger partial charge in [-0.3, -0.25) is 19.2 Å². The Morgan fingerprint density at radius 3 is 1.98 bits per heavy atom. The van der Waals surface area contributed by atoms with E-state index in [0.717, 1.165) is 19.3 Å². The molecule has 2 aromatic carbocycles. The molecule has 15 nitrogen and oxygen atoms in total. The Kier molecular flexibility index (Phi) is 17.9. The van der Waals surface area contributed by atoms with Gasteiger partial charge in [-0.1, -0.05) is 109 Å². The highest BCUT2D eigenvalue weighted by atomic mass is 16.7. The third-order valence-corrected chi connectivity index (χ3v) is 12.4. The molecule has 342 valence electrons. The SMILES string of the molecule is CCCCCCCCCCCCCCCCCC(=O)OCC(=O)OCC(=O)[C@@]1(O)Cc2c(O)c3c(c(O)c2[C@@H](O[C@@H]2C[C@H](N)[C@H](O)[C@H](C)O2)C1)C(=O)c1c(OC)cccc1C3=O. The average molecular weight is 868 g/mol. The van der Waals surface area contributed by atoms with Crippen LogP contribution in [0.1, 0.15) is 178 Å². The summed E-state index contributed by atoms with van der Waals surface area (Å²) >= 11 is 0. The second-order valence-corrected chi connectivity index (χ2v) is 17.0. The van der Waals surface area contributed by atoms with Gasteiger partial charge in [0.15, 0.2) is 25.3 Å². The highest BCUT2D eigenvalue weighted by Crippen LogP contribution is 2.52. The molecular formula is C47H65NO14. The molecule has 0 aromatic heterocycles.